The highest BCUT2D eigenvalue weighted by Gasteiger charge is 2.21. The molecule has 24 heavy (non-hydrogen) atoms. The number of amides is 1. The van der Waals surface area contributed by atoms with Gasteiger partial charge in [-0.15, -0.1) is 5.10 Å². The van der Waals surface area contributed by atoms with Crippen LogP contribution >= 0.6 is 0 Å². The number of hydrogen-bond donors (Lipinski definition) is 2. The second kappa shape index (κ2) is 5.99. The normalized spacial score (nSPS) is 15.9. The molecule has 1 atom stereocenters. The second-order valence-electron chi connectivity index (χ2n) is 5.10. The van der Waals surface area contributed by atoms with Crippen LogP contribution < -0.4 is 14.8 Å². The van der Waals surface area contributed by atoms with E-state index in [1.165, 1.54) is 11.0 Å². The van der Waals surface area contributed by atoms with Crippen molar-refractivity contribution in [3.63, 3.8) is 0 Å². The second-order valence-corrected chi connectivity index (χ2v) is 5.10. The lowest BCUT2D eigenvalue weighted by Crippen LogP contribution is -2.40. The summed E-state index contributed by atoms with van der Waals surface area (Å²) in [4.78, 5) is 12.2. The van der Waals surface area contributed by atoms with Crippen LogP contribution in [0.5, 0.6) is 11.5 Å². The summed E-state index contributed by atoms with van der Waals surface area (Å²) >= 11 is 0. The lowest BCUT2D eigenvalue weighted by molar-refractivity contribution is 0.0786. The number of benzene rings is 1. The number of tetrazole rings is 1. The predicted octanol–water partition coefficient (Wildman–Crippen LogP) is -0.0448. The molecular weight excluding hydrogens is 314 g/mol. The van der Waals surface area contributed by atoms with Gasteiger partial charge in [-0.05, 0) is 22.6 Å². The van der Waals surface area contributed by atoms with E-state index in [0.717, 1.165) is 0 Å². The molecule has 1 amide bonds. The van der Waals surface area contributed by atoms with E-state index >= 15 is 0 Å². The van der Waals surface area contributed by atoms with Gasteiger partial charge in [0.05, 0.1) is 6.54 Å². The molecule has 1 aliphatic heterocycles. The number of nitrogens with zero attached hydrogens (tertiary/aromatic N) is 5. The number of carbonyl (C=O) groups is 1. The molecule has 0 aliphatic carbocycles. The van der Waals surface area contributed by atoms with E-state index in [4.69, 9.17) is 9.47 Å². The minimum atomic E-state index is -0.302. The average Bonchev–Trinajstić information content (AvgIpc) is 3.30. The Morgan fingerprint density at radius 1 is 1.38 bits per heavy atom. The van der Waals surface area contributed by atoms with Crippen molar-refractivity contribution in [2.75, 3.05) is 13.2 Å². The molecule has 122 valence electrons. The third-order valence-electron chi connectivity index (χ3n) is 3.45. The van der Waals surface area contributed by atoms with E-state index in [2.05, 4.69) is 31.0 Å². The standard InChI is InChI=1S/C14H13N7O3/c22-14(10-5-13(18-17-10)21-8-16-19-20-21)15-6-9-7-23-11-3-1-2-4-12(11)24-9/h1-5,8-9H,6-7H2,(H,15,22)(H,17,18). The number of H-pyrrole nitrogens is 1. The van der Waals surface area contributed by atoms with Gasteiger partial charge in [0.15, 0.2) is 17.3 Å². The molecule has 0 bridgehead atoms. The third kappa shape index (κ3) is 2.76. The molecular formula is C14H13N7O3. The number of aromatic nitrogens is 6. The molecule has 10 nitrogen and oxygen atoms in total. The number of rotatable bonds is 4. The van der Waals surface area contributed by atoms with Gasteiger partial charge in [-0.25, -0.2) is 0 Å². The van der Waals surface area contributed by atoms with Crippen molar-refractivity contribution in [3.05, 3.63) is 42.4 Å². The Kier molecular flexibility index (Phi) is 3.54. The molecule has 4 rings (SSSR count). The van der Waals surface area contributed by atoms with Gasteiger partial charge in [0.2, 0.25) is 0 Å². The van der Waals surface area contributed by atoms with Crippen molar-refractivity contribution < 1.29 is 14.3 Å². The van der Waals surface area contributed by atoms with Crippen molar-refractivity contribution in [2.24, 2.45) is 0 Å². The first-order valence-electron chi connectivity index (χ1n) is 7.25. The first-order valence-corrected chi connectivity index (χ1v) is 7.25. The lowest BCUT2D eigenvalue weighted by atomic mass is 10.2. The Hall–Kier alpha value is -3.43. The Balaban J connectivity index is 1.36. The SMILES string of the molecule is O=C(NCC1COc2ccccc2O1)c1cc(-n2cnnn2)n[nH]1. The van der Waals surface area contributed by atoms with Crippen LogP contribution in [-0.4, -0.2) is 55.6 Å². The van der Waals surface area contributed by atoms with Gasteiger partial charge in [0.1, 0.15) is 24.7 Å². The monoisotopic (exact) mass is 327 g/mol. The van der Waals surface area contributed by atoms with Gasteiger partial charge >= 0.3 is 0 Å². The summed E-state index contributed by atoms with van der Waals surface area (Å²) in [6.07, 6.45) is 1.13. The average molecular weight is 327 g/mol. The number of para-hydroxylation sites is 2. The summed E-state index contributed by atoms with van der Waals surface area (Å²) in [6, 6.07) is 8.98. The van der Waals surface area contributed by atoms with Crippen molar-refractivity contribution >= 4 is 5.91 Å². The zero-order valence-corrected chi connectivity index (χ0v) is 12.4. The van der Waals surface area contributed by atoms with E-state index in [1.807, 2.05) is 24.3 Å². The molecule has 0 saturated heterocycles. The predicted molar refractivity (Wildman–Crippen MR) is 80.0 cm³/mol. The largest absolute Gasteiger partial charge is 0.486 e. The Labute approximate surface area is 135 Å². The van der Waals surface area contributed by atoms with Crippen molar-refractivity contribution in [3.8, 4) is 17.3 Å². The van der Waals surface area contributed by atoms with Crippen LogP contribution in [0.2, 0.25) is 0 Å². The number of fused-ring (bicyclic) bond motifs is 1. The first-order chi connectivity index (χ1) is 11.8. The smallest absolute Gasteiger partial charge is 0.269 e. The van der Waals surface area contributed by atoms with Crippen LogP contribution in [0, 0.1) is 0 Å². The van der Waals surface area contributed by atoms with Crippen LogP contribution in [0.4, 0.5) is 0 Å². The molecule has 2 aromatic heterocycles. The summed E-state index contributed by atoms with van der Waals surface area (Å²) in [7, 11) is 0. The number of nitrogens with one attached hydrogen (secondary N) is 2. The molecule has 1 aromatic carbocycles. The highest BCUT2D eigenvalue weighted by molar-refractivity contribution is 5.92. The number of carbonyl (C=O) groups excluding carboxylic acids is 1. The van der Waals surface area contributed by atoms with Gasteiger partial charge in [-0.3, -0.25) is 9.89 Å². The Morgan fingerprint density at radius 3 is 3.08 bits per heavy atom. The van der Waals surface area contributed by atoms with E-state index in [9.17, 15) is 4.79 Å². The van der Waals surface area contributed by atoms with E-state index in [0.29, 0.717) is 36.2 Å². The topological polar surface area (TPSA) is 120 Å². The fourth-order valence-corrected chi connectivity index (χ4v) is 2.28. The third-order valence-corrected chi connectivity index (χ3v) is 3.45. The molecule has 0 spiro atoms. The van der Waals surface area contributed by atoms with Gasteiger partial charge in [-0.2, -0.15) is 9.78 Å². The summed E-state index contributed by atoms with van der Waals surface area (Å²) < 4.78 is 12.7. The molecule has 0 radical (unpaired) electrons. The highest BCUT2D eigenvalue weighted by atomic mass is 16.6. The molecule has 0 fully saturated rings. The summed E-state index contributed by atoms with van der Waals surface area (Å²) in [6.45, 7) is 0.683. The van der Waals surface area contributed by atoms with Crippen molar-refractivity contribution in [2.45, 2.75) is 6.10 Å². The molecule has 1 unspecified atom stereocenters. The molecule has 3 aromatic rings. The van der Waals surface area contributed by atoms with Gasteiger partial charge in [0, 0.05) is 6.07 Å². The molecule has 10 heteroatoms. The lowest BCUT2D eigenvalue weighted by Gasteiger charge is -2.26. The fourth-order valence-electron chi connectivity index (χ4n) is 2.28. The van der Waals surface area contributed by atoms with Crippen molar-refractivity contribution in [1.29, 1.82) is 0 Å². The number of hydrogen-bond acceptors (Lipinski definition) is 7. The van der Waals surface area contributed by atoms with Gasteiger partial charge in [0.25, 0.3) is 5.91 Å². The maximum atomic E-state index is 12.2. The van der Waals surface area contributed by atoms with Crippen LogP contribution in [0.25, 0.3) is 5.82 Å². The minimum absolute atomic E-state index is 0.259. The number of aromatic amines is 1. The van der Waals surface area contributed by atoms with Crippen LogP contribution in [0.3, 0.4) is 0 Å². The van der Waals surface area contributed by atoms with Crippen LogP contribution in [-0.2, 0) is 0 Å². The summed E-state index contributed by atoms with van der Waals surface area (Å²) in [5.41, 5.74) is 0.303. The molecule has 3 heterocycles. The van der Waals surface area contributed by atoms with Crippen LogP contribution in [0.15, 0.2) is 36.7 Å². The Morgan fingerprint density at radius 2 is 2.25 bits per heavy atom. The van der Waals surface area contributed by atoms with E-state index < -0.39 is 0 Å². The molecule has 0 saturated carbocycles. The maximum absolute atomic E-state index is 12.2. The number of ether oxygens (including phenoxy) is 2. The molecule has 1 aliphatic rings. The summed E-state index contributed by atoms with van der Waals surface area (Å²) in [5, 5.41) is 20.1. The van der Waals surface area contributed by atoms with Crippen LogP contribution in [0.1, 0.15) is 10.5 Å². The minimum Gasteiger partial charge on any atom is -0.486 e. The van der Waals surface area contributed by atoms with Gasteiger partial charge in [-0.1, -0.05) is 12.1 Å². The Bertz CT molecular complexity index is 846. The zero-order valence-electron chi connectivity index (χ0n) is 12.4. The van der Waals surface area contributed by atoms with E-state index in [1.54, 1.807) is 6.07 Å². The van der Waals surface area contributed by atoms with E-state index in [-0.39, 0.29) is 12.0 Å². The quantitative estimate of drug-likeness (QED) is 0.689. The fraction of sp³-hybridized carbons (Fsp3) is 0.214. The molecule has 2 N–H and O–H groups in total. The van der Waals surface area contributed by atoms with Gasteiger partial charge < -0.3 is 14.8 Å². The zero-order chi connectivity index (χ0) is 16.4. The highest BCUT2D eigenvalue weighted by Crippen LogP contribution is 2.30. The first kappa shape index (κ1) is 14.2. The maximum Gasteiger partial charge on any atom is 0.269 e. The van der Waals surface area contributed by atoms with Crippen molar-refractivity contribution in [1.82, 2.24) is 35.7 Å². The summed E-state index contributed by atoms with van der Waals surface area (Å²) in [5.74, 6) is 1.51.